The number of amides is 1. The smallest absolute Gasteiger partial charge is 0.258 e. The zero-order valence-corrected chi connectivity index (χ0v) is 21.2. The molecular weight excluding hydrogens is 467 g/mol. The van der Waals surface area contributed by atoms with Crippen molar-refractivity contribution in [3.63, 3.8) is 0 Å². The zero-order chi connectivity index (χ0) is 25.3. The van der Waals surface area contributed by atoms with E-state index in [-0.39, 0.29) is 23.3 Å². The summed E-state index contributed by atoms with van der Waals surface area (Å²) < 4.78 is 16.9. The van der Waals surface area contributed by atoms with Gasteiger partial charge in [-0.1, -0.05) is 6.07 Å². The third kappa shape index (κ3) is 4.38. The number of benzene rings is 2. The minimum Gasteiger partial charge on any atom is -0.349 e. The van der Waals surface area contributed by atoms with Gasteiger partial charge >= 0.3 is 0 Å². The SMILES string of the molecule is Cc1c(F)cc(C(=O)NC2CC2)cc1-c1ccc2c(=O)n(CC3CC3)cc(CN3C[C@@H]4CC3CN4)c2c1. The Morgan fingerprint density at radius 1 is 1.14 bits per heavy atom. The van der Waals surface area contributed by atoms with E-state index in [1.807, 2.05) is 22.8 Å². The molecule has 2 aliphatic carbocycles. The first kappa shape index (κ1) is 23.1. The largest absolute Gasteiger partial charge is 0.349 e. The molecule has 2 saturated heterocycles. The fraction of sp³-hybridized carbons (Fsp3) is 0.467. The van der Waals surface area contributed by atoms with Crippen molar-refractivity contribution >= 4 is 16.7 Å². The van der Waals surface area contributed by atoms with E-state index in [4.69, 9.17) is 0 Å². The Kier molecular flexibility index (Phi) is 5.48. The molecule has 0 radical (unpaired) electrons. The number of carbonyl (C=O) groups excluding carboxylic acids is 1. The number of fused-ring (bicyclic) bond motifs is 3. The van der Waals surface area contributed by atoms with Gasteiger partial charge in [-0.05, 0) is 96.9 Å². The first-order chi connectivity index (χ1) is 17.9. The van der Waals surface area contributed by atoms with E-state index >= 15 is 0 Å². The van der Waals surface area contributed by atoms with Gasteiger partial charge in [0, 0.05) is 61.5 Å². The van der Waals surface area contributed by atoms with Crippen molar-refractivity contribution in [1.82, 2.24) is 20.1 Å². The van der Waals surface area contributed by atoms with Crippen molar-refractivity contribution < 1.29 is 9.18 Å². The molecule has 3 aromatic rings. The molecule has 7 rings (SSSR count). The maximum absolute atomic E-state index is 15.0. The highest BCUT2D eigenvalue weighted by atomic mass is 19.1. The van der Waals surface area contributed by atoms with Gasteiger partial charge in [0.2, 0.25) is 0 Å². The first-order valence-corrected chi connectivity index (χ1v) is 13.7. The number of carbonyl (C=O) groups is 1. The standard InChI is InChI=1S/C30H33FN4O2/c1-17-26(9-20(10-28(17)31)29(36)33-22-5-6-22)19-4-7-25-27(8-19)21(14-34-16-23-11-24(34)12-32-23)15-35(30(25)37)13-18-2-3-18/h4,7-10,15,18,22-24,32H,2-3,5-6,11-14,16H2,1H3,(H,33,36)/t23-,24?/m0/s1. The average molecular weight is 501 g/mol. The normalized spacial score (nSPS) is 23.2. The molecule has 2 N–H and O–H groups in total. The van der Waals surface area contributed by atoms with E-state index in [9.17, 15) is 14.0 Å². The van der Waals surface area contributed by atoms with Crippen LogP contribution in [0, 0.1) is 18.7 Å². The van der Waals surface area contributed by atoms with Crippen molar-refractivity contribution in [3.8, 4) is 11.1 Å². The molecule has 2 aromatic carbocycles. The highest BCUT2D eigenvalue weighted by Gasteiger charge is 2.37. The predicted molar refractivity (Wildman–Crippen MR) is 142 cm³/mol. The summed E-state index contributed by atoms with van der Waals surface area (Å²) in [5.74, 6) is -0.0200. The topological polar surface area (TPSA) is 66.4 Å². The summed E-state index contributed by atoms with van der Waals surface area (Å²) >= 11 is 0. The molecule has 2 bridgehead atoms. The summed E-state index contributed by atoms with van der Waals surface area (Å²) in [6.07, 6.45) is 7.59. The molecule has 1 aromatic heterocycles. The minimum atomic E-state index is -0.390. The third-order valence-corrected chi connectivity index (χ3v) is 8.69. The second kappa shape index (κ2) is 8.77. The van der Waals surface area contributed by atoms with Crippen LogP contribution < -0.4 is 16.2 Å². The van der Waals surface area contributed by atoms with Gasteiger partial charge in [-0.25, -0.2) is 4.39 Å². The van der Waals surface area contributed by atoms with Crippen LogP contribution in [0.25, 0.3) is 21.9 Å². The monoisotopic (exact) mass is 500 g/mol. The van der Waals surface area contributed by atoms with Crippen molar-refractivity contribution in [2.75, 3.05) is 13.1 Å². The van der Waals surface area contributed by atoms with Crippen LogP contribution >= 0.6 is 0 Å². The molecule has 3 heterocycles. The quantitative estimate of drug-likeness (QED) is 0.515. The minimum absolute atomic E-state index is 0.0438. The number of piperazine rings is 1. The Balaban J connectivity index is 1.32. The highest BCUT2D eigenvalue weighted by Crippen LogP contribution is 2.34. The lowest BCUT2D eigenvalue weighted by molar-refractivity contribution is 0.0950. The molecule has 2 atom stereocenters. The number of hydrogen-bond donors (Lipinski definition) is 2. The lowest BCUT2D eigenvalue weighted by atomic mass is 9.94. The molecule has 37 heavy (non-hydrogen) atoms. The van der Waals surface area contributed by atoms with Crippen LogP contribution in [-0.4, -0.2) is 46.6 Å². The second-order valence-corrected chi connectivity index (χ2v) is 11.6. The van der Waals surface area contributed by atoms with E-state index in [1.165, 1.54) is 25.3 Å². The van der Waals surface area contributed by atoms with E-state index < -0.39 is 0 Å². The van der Waals surface area contributed by atoms with Gasteiger partial charge < -0.3 is 15.2 Å². The number of pyridine rings is 1. The molecule has 4 aliphatic rings. The van der Waals surface area contributed by atoms with Crippen molar-refractivity contribution in [2.24, 2.45) is 5.92 Å². The van der Waals surface area contributed by atoms with Crippen LogP contribution in [0.1, 0.15) is 53.6 Å². The van der Waals surface area contributed by atoms with Gasteiger partial charge in [-0.2, -0.15) is 0 Å². The Morgan fingerprint density at radius 2 is 1.97 bits per heavy atom. The molecule has 192 valence electrons. The second-order valence-electron chi connectivity index (χ2n) is 11.6. The zero-order valence-electron chi connectivity index (χ0n) is 21.2. The van der Waals surface area contributed by atoms with Gasteiger partial charge in [0.05, 0.1) is 0 Å². The summed E-state index contributed by atoms with van der Waals surface area (Å²) in [5.41, 5.74) is 3.56. The third-order valence-electron chi connectivity index (χ3n) is 8.69. The fourth-order valence-corrected chi connectivity index (χ4v) is 6.14. The van der Waals surface area contributed by atoms with Gasteiger partial charge in [-0.3, -0.25) is 14.5 Å². The van der Waals surface area contributed by atoms with Crippen molar-refractivity contribution in [1.29, 1.82) is 0 Å². The average Bonchev–Trinajstić information content (AvgIpc) is 3.81. The number of rotatable bonds is 7. The number of halogens is 1. The summed E-state index contributed by atoms with van der Waals surface area (Å²) in [6, 6.07) is 10.2. The number of likely N-dealkylation sites (tertiary alicyclic amines) is 1. The van der Waals surface area contributed by atoms with E-state index in [0.717, 1.165) is 55.5 Å². The molecule has 1 unspecified atom stereocenters. The molecule has 2 saturated carbocycles. The summed E-state index contributed by atoms with van der Waals surface area (Å²) in [6.45, 7) is 5.37. The Hall–Kier alpha value is -3.03. The molecule has 7 heteroatoms. The van der Waals surface area contributed by atoms with Gasteiger partial charge in [0.15, 0.2) is 0 Å². The predicted octanol–water partition coefficient (Wildman–Crippen LogP) is 3.96. The van der Waals surface area contributed by atoms with Crippen LogP contribution in [0.3, 0.4) is 0 Å². The maximum atomic E-state index is 15.0. The lowest BCUT2D eigenvalue weighted by Gasteiger charge is -2.28. The van der Waals surface area contributed by atoms with Crippen LogP contribution in [0.15, 0.2) is 41.3 Å². The summed E-state index contributed by atoms with van der Waals surface area (Å²) in [4.78, 5) is 28.7. The van der Waals surface area contributed by atoms with Crippen LogP contribution in [0.2, 0.25) is 0 Å². The number of nitrogens with zero attached hydrogens (tertiary/aromatic N) is 2. The Morgan fingerprint density at radius 3 is 2.68 bits per heavy atom. The van der Waals surface area contributed by atoms with Gasteiger partial charge in [-0.15, -0.1) is 0 Å². The van der Waals surface area contributed by atoms with E-state index in [1.54, 1.807) is 13.0 Å². The number of nitrogens with one attached hydrogen (secondary N) is 2. The highest BCUT2D eigenvalue weighted by molar-refractivity contribution is 5.97. The number of hydrogen-bond acceptors (Lipinski definition) is 4. The Bertz CT molecular complexity index is 1470. The maximum Gasteiger partial charge on any atom is 0.258 e. The van der Waals surface area contributed by atoms with Crippen LogP contribution in [0.5, 0.6) is 0 Å². The molecule has 4 fully saturated rings. The summed E-state index contributed by atoms with van der Waals surface area (Å²) in [7, 11) is 0. The van der Waals surface area contributed by atoms with Gasteiger partial charge in [0.25, 0.3) is 11.5 Å². The lowest BCUT2D eigenvalue weighted by Crippen LogP contribution is -2.43. The van der Waals surface area contributed by atoms with E-state index in [0.29, 0.717) is 40.1 Å². The van der Waals surface area contributed by atoms with Crippen LogP contribution in [-0.2, 0) is 13.1 Å². The van der Waals surface area contributed by atoms with Gasteiger partial charge in [0.1, 0.15) is 5.82 Å². The van der Waals surface area contributed by atoms with Crippen molar-refractivity contribution in [2.45, 2.75) is 70.2 Å². The molecule has 0 spiro atoms. The molecule has 6 nitrogen and oxygen atoms in total. The summed E-state index contributed by atoms with van der Waals surface area (Å²) in [5, 5.41) is 8.17. The van der Waals surface area contributed by atoms with Crippen molar-refractivity contribution in [3.05, 3.63) is 69.4 Å². The fourth-order valence-electron chi connectivity index (χ4n) is 6.14. The van der Waals surface area contributed by atoms with Crippen LogP contribution in [0.4, 0.5) is 4.39 Å². The molecular formula is C30H33FN4O2. The number of aromatic nitrogens is 1. The molecule has 1 amide bonds. The molecule has 2 aliphatic heterocycles. The van der Waals surface area contributed by atoms with E-state index in [2.05, 4.69) is 21.7 Å². The first-order valence-electron chi connectivity index (χ1n) is 13.7. The Labute approximate surface area is 215 Å².